The van der Waals surface area contributed by atoms with Gasteiger partial charge < -0.3 is 93.8 Å². The van der Waals surface area contributed by atoms with Crippen molar-refractivity contribution in [3.63, 3.8) is 0 Å². The molecule has 0 saturated carbocycles. The van der Waals surface area contributed by atoms with Gasteiger partial charge in [-0.2, -0.15) is 19.6 Å². The molecule has 0 radical (unpaired) electrons. The predicted molar refractivity (Wildman–Crippen MR) is 556 cm³/mol. The number of nitrogens with one attached hydrogen (secondary N) is 2. The number of nitrogens with two attached hydrogens (primary N) is 2. The topological polar surface area (TPSA) is 515 Å². The number of hydrogen-bond acceptors (Lipinski definition) is 37. The number of carbonyl (C=O) groups excluding carboxylic acids is 12. The van der Waals surface area contributed by atoms with E-state index < -0.39 is 105 Å². The van der Waals surface area contributed by atoms with Crippen molar-refractivity contribution in [2.24, 2.45) is 0 Å². The molecule has 0 bridgehead atoms. The van der Waals surface area contributed by atoms with E-state index in [1.807, 2.05) is 65.9 Å². The Morgan fingerprint density at radius 2 is 0.541 bits per heavy atom. The van der Waals surface area contributed by atoms with E-state index in [1.54, 1.807) is 239 Å². The molecule has 0 aliphatic carbocycles. The van der Waals surface area contributed by atoms with Crippen molar-refractivity contribution in [3.05, 3.63) is 143 Å². The van der Waals surface area contributed by atoms with Crippen LogP contribution in [0, 0.1) is 0 Å². The Hall–Kier alpha value is -12.8. The Morgan fingerprint density at radius 1 is 0.308 bits per heavy atom. The Bertz CT molecular complexity index is 4900. The van der Waals surface area contributed by atoms with Gasteiger partial charge in [0.05, 0.1) is 30.9 Å². The van der Waals surface area contributed by atoms with Crippen molar-refractivity contribution in [1.29, 1.82) is 0 Å². The number of carbonyl (C=O) groups is 12. The summed E-state index contributed by atoms with van der Waals surface area (Å²) in [6.45, 7) is 67.7. The molecule has 43 nitrogen and oxygen atoms in total. The summed E-state index contributed by atoms with van der Waals surface area (Å²) >= 11 is 3.32. The summed E-state index contributed by atoms with van der Waals surface area (Å²) in [5.41, 5.74) is 7.94. The van der Waals surface area contributed by atoms with Gasteiger partial charge in [-0.15, -0.1) is 0 Å². The largest absolute Gasteiger partial charge is 0.462 e. The summed E-state index contributed by atoms with van der Waals surface area (Å²) in [5, 5.41) is 16.2. The third-order valence-corrected chi connectivity index (χ3v) is 18.2. The number of imide groups is 4. The molecule has 0 spiro atoms. The van der Waals surface area contributed by atoms with Crippen LogP contribution in [0.4, 0.5) is 82.9 Å². The quantitative estimate of drug-likeness (QED) is 0.0384. The summed E-state index contributed by atoms with van der Waals surface area (Å²) in [5.74, 6) is 0.368. The number of hydrogen-bond donors (Lipinski definition) is 5. The summed E-state index contributed by atoms with van der Waals surface area (Å²) in [7, 11) is 0. The molecule has 10 amide bonds. The van der Waals surface area contributed by atoms with Crippen molar-refractivity contribution in [1.82, 2.24) is 60.1 Å². The molecular formula is C102H157BrN18O25. The molecule has 7 N–H and O–H groups in total. The van der Waals surface area contributed by atoms with E-state index in [2.05, 4.69) is 66.3 Å². The second-order valence-corrected chi connectivity index (χ2v) is 43.5. The number of piperazine rings is 3. The third kappa shape index (κ3) is 52.8. The Balaban J connectivity index is 0.000000450. The molecule has 9 rings (SSSR count). The normalized spacial score (nSPS) is 13.6. The van der Waals surface area contributed by atoms with Crippen LogP contribution >= 0.6 is 15.9 Å². The van der Waals surface area contributed by atoms with Crippen LogP contribution in [0.1, 0.15) is 265 Å². The minimum absolute atomic E-state index is 0.0263. The van der Waals surface area contributed by atoms with Gasteiger partial charge in [0.1, 0.15) is 90.9 Å². The van der Waals surface area contributed by atoms with Gasteiger partial charge in [-0.25, -0.2) is 87.4 Å². The molecule has 0 aromatic carbocycles. The van der Waals surface area contributed by atoms with Crippen molar-refractivity contribution >= 4 is 124 Å². The second-order valence-electron chi connectivity index (χ2n) is 42.9. The Kier molecular flexibility index (Phi) is 50.0. The van der Waals surface area contributed by atoms with E-state index in [4.69, 9.17) is 73.4 Å². The lowest BCUT2D eigenvalue weighted by atomic mass is 10.2. The Labute approximate surface area is 867 Å². The van der Waals surface area contributed by atoms with Crippen molar-refractivity contribution < 1.29 is 119 Å². The molecule has 9 heterocycles. The number of esters is 2. The van der Waals surface area contributed by atoms with Gasteiger partial charge in [-0.05, 0) is 292 Å². The van der Waals surface area contributed by atoms with Crippen LogP contribution in [-0.2, 0) is 81.9 Å². The summed E-state index contributed by atoms with van der Waals surface area (Å²) in [4.78, 5) is 182. The number of nitrogen functional groups attached to an aromatic ring is 2. The number of pyridine rings is 6. The number of rotatable bonds is 14. The van der Waals surface area contributed by atoms with Crippen molar-refractivity contribution in [3.8, 4) is 0 Å². The van der Waals surface area contributed by atoms with Crippen LogP contribution in [0.15, 0.2) is 110 Å². The lowest BCUT2D eigenvalue weighted by Gasteiger charge is -2.35. The lowest BCUT2D eigenvalue weighted by Crippen LogP contribution is -2.49. The lowest BCUT2D eigenvalue weighted by molar-refractivity contribution is 0.0135. The van der Waals surface area contributed by atoms with Crippen LogP contribution < -0.4 is 41.7 Å². The van der Waals surface area contributed by atoms with Crippen LogP contribution in [0.3, 0.4) is 0 Å². The van der Waals surface area contributed by atoms with E-state index in [0.717, 1.165) is 84.7 Å². The predicted octanol–water partition coefficient (Wildman–Crippen LogP) is 18.4. The van der Waals surface area contributed by atoms with E-state index in [1.165, 1.54) is 42.4 Å². The highest BCUT2D eigenvalue weighted by Gasteiger charge is 2.40. The number of halogens is 1. The molecular weight excluding hydrogens is 1960 g/mol. The average molecular weight is 2120 g/mol. The maximum Gasteiger partial charge on any atom is 0.425 e. The van der Waals surface area contributed by atoms with E-state index >= 15 is 0 Å². The van der Waals surface area contributed by atoms with Crippen LogP contribution in [-0.4, -0.2) is 275 Å². The van der Waals surface area contributed by atoms with Gasteiger partial charge in [0.2, 0.25) is 0 Å². The van der Waals surface area contributed by atoms with Crippen LogP contribution in [0.2, 0.25) is 0 Å². The maximum absolute atomic E-state index is 12.8. The number of anilines is 6. The molecule has 6 aromatic heterocycles. The summed E-state index contributed by atoms with van der Waals surface area (Å²) < 4.78 is 62.7. The van der Waals surface area contributed by atoms with Gasteiger partial charge in [0.25, 0.3) is 0 Å². The van der Waals surface area contributed by atoms with E-state index in [-0.39, 0.29) is 65.8 Å². The first-order valence-corrected chi connectivity index (χ1v) is 48.9. The first-order chi connectivity index (χ1) is 67.2. The number of aromatic nitrogens is 6. The number of amides is 10. The molecule has 44 heteroatoms. The molecule has 3 aliphatic rings. The zero-order valence-corrected chi connectivity index (χ0v) is 92.7. The van der Waals surface area contributed by atoms with E-state index in [9.17, 15) is 57.5 Å². The van der Waals surface area contributed by atoms with Crippen LogP contribution in [0.25, 0.3) is 0 Å². The molecule has 3 fully saturated rings. The van der Waals surface area contributed by atoms with Gasteiger partial charge >= 0.3 is 72.9 Å². The second kappa shape index (κ2) is 57.4. The molecule has 0 atom stereocenters. The fraction of sp³-hybridized carbons (Fsp3) is 0.588. The average Bonchev–Trinajstić information content (AvgIpc) is 0.826. The zero-order valence-electron chi connectivity index (χ0n) is 91.2. The smallest absolute Gasteiger partial charge is 0.425 e. The minimum Gasteiger partial charge on any atom is -0.462 e. The molecule has 3 aliphatic heterocycles. The van der Waals surface area contributed by atoms with Gasteiger partial charge in [-0.1, -0.05) is 40.2 Å². The standard InChI is InChI=1S/C25H40N4O6.C18H26N2O6.C16H23BrN2O4.C16H24N2O5.C10H16N4.C9H18N2O2.C8H10N2O2/c1-23(2,3)33-20(30)28-14-12-27(13-15-28)17-18-10-11-19(26-16-18)29(21(31)34-24(4,5)6)22(32)35-25(7,8)9;1-8-24-14(21)12-9-10-13(19-11-12)20(15(22)25-17(2,3)4)16(23)26-18(5,6)7;1-15(2,3)22-13(20)19(14(21)23-16(4,5)6)12-8-7-11(9-17)10-18-12;1-15(2,3)22-13(20)18(14(21)23-16(4,5)6)12-8-7-11(10-19)9-17-12;11-10-2-1-9(7-13-10)8-14-5-3-12-4-6-14;1-9(2,3)13-8(12)11-6-4-10-5-7-11;1-2-12-8(11)6-3-4-7(9)10-5-6/h10-11,16H,12-15,17H2,1-9H3;9-11H,8H2,1-7H3;7-8,10H,9H2,1-6H3;7-9,19H,10H2,1-6H3;1-2,7,12H,3-6,8H2,(H2,11,13);10H,4-7H2,1-3H3;3-5H,2H2,1H3,(H2,9,10). The molecule has 146 heavy (non-hydrogen) atoms. The number of ether oxygens (including phenoxy) is 12. The minimum atomic E-state index is -0.928. The fourth-order valence-corrected chi connectivity index (χ4v) is 11.8. The monoisotopic (exact) mass is 2110 g/mol. The van der Waals surface area contributed by atoms with Gasteiger partial charge in [0.15, 0.2) is 0 Å². The molecule has 6 aromatic rings. The van der Waals surface area contributed by atoms with Gasteiger partial charge in [0, 0.05) is 134 Å². The highest BCUT2D eigenvalue weighted by Crippen LogP contribution is 2.28. The molecule has 0 unspecified atom stereocenters. The molecule has 3 saturated heterocycles. The highest BCUT2D eigenvalue weighted by atomic mass is 79.9. The molecule has 812 valence electrons. The first-order valence-electron chi connectivity index (χ1n) is 47.8. The van der Waals surface area contributed by atoms with Crippen molar-refractivity contribution in [2.45, 2.75) is 303 Å². The van der Waals surface area contributed by atoms with Crippen LogP contribution in [0.5, 0.6) is 0 Å². The van der Waals surface area contributed by atoms with E-state index in [0.29, 0.717) is 72.3 Å². The number of aliphatic hydroxyl groups excluding tert-OH is 1. The summed E-state index contributed by atoms with van der Waals surface area (Å²) in [6, 6.07) is 19.5. The SMILES string of the molecule is CC(C)(C)OC(=O)N(C(=O)OC(C)(C)C)c1ccc(CBr)cn1.CC(C)(C)OC(=O)N(C(=O)OC(C)(C)C)c1ccc(CO)cn1.CC(C)(C)OC(=O)N1CCN(Cc2ccc(N(C(=O)OC(C)(C)C)C(=O)OC(C)(C)C)nc2)CC1.CC(C)(C)OC(=O)N1CCNCC1.CCOC(=O)c1ccc(N(C(=O)OC(C)(C)C)C(=O)OC(C)(C)C)nc1.CCOC(=O)c1ccc(N)nc1.Nc1ccc(CN2CCNCC2)cn1. The summed E-state index contributed by atoms with van der Waals surface area (Å²) in [6.07, 6.45) is 1.56. The number of aliphatic hydroxyl groups is 1. The van der Waals surface area contributed by atoms with Gasteiger partial charge in [-0.3, -0.25) is 9.80 Å². The number of nitrogens with zero attached hydrogens (tertiary/aromatic N) is 14. The maximum atomic E-state index is 12.8. The number of alkyl halides is 1. The first kappa shape index (κ1) is 127. The van der Waals surface area contributed by atoms with Crippen molar-refractivity contribution in [2.75, 3.05) is 123 Å². The highest BCUT2D eigenvalue weighted by molar-refractivity contribution is 9.08. The third-order valence-electron chi connectivity index (χ3n) is 17.5. The fourth-order valence-electron chi connectivity index (χ4n) is 11.5. The Morgan fingerprint density at radius 3 is 0.781 bits per heavy atom. The zero-order chi connectivity index (χ0) is 111.